The number of fused-ring (bicyclic) bond motifs is 1. The Balaban J connectivity index is 2.12. The Morgan fingerprint density at radius 3 is 2.74 bits per heavy atom. The van der Waals surface area contributed by atoms with Crippen LogP contribution < -0.4 is 5.73 Å². The molecule has 0 unspecified atom stereocenters. The molecule has 0 amide bonds. The number of hydrogen-bond acceptors (Lipinski definition) is 4. The monoisotopic (exact) mass is 258 g/mol. The van der Waals surface area contributed by atoms with Crippen LogP contribution in [0.4, 0.5) is 5.88 Å². The van der Waals surface area contributed by atoms with E-state index in [4.69, 9.17) is 15.4 Å². The van der Waals surface area contributed by atoms with Gasteiger partial charge in [0.25, 0.3) is 0 Å². The van der Waals surface area contributed by atoms with E-state index in [-0.39, 0.29) is 11.6 Å². The summed E-state index contributed by atoms with van der Waals surface area (Å²) >= 11 is 0. The zero-order valence-corrected chi connectivity index (χ0v) is 10.3. The lowest BCUT2D eigenvalue weighted by molar-refractivity contribution is 0.0686. The lowest BCUT2D eigenvalue weighted by atomic mass is 9.89. The third-order valence-electron chi connectivity index (χ3n) is 3.56. The van der Waals surface area contributed by atoms with Crippen LogP contribution in [0.25, 0.3) is 11.1 Å². The molecule has 1 aromatic carbocycles. The van der Waals surface area contributed by atoms with Gasteiger partial charge in [-0.05, 0) is 42.4 Å². The van der Waals surface area contributed by atoms with E-state index >= 15 is 0 Å². The largest absolute Gasteiger partial charge is 0.476 e. The number of aromatic carboxylic acids is 1. The Hall–Kier alpha value is -2.30. The second-order valence-electron chi connectivity index (χ2n) is 4.77. The molecule has 0 fully saturated rings. The average Bonchev–Trinajstić information content (AvgIpc) is 2.80. The van der Waals surface area contributed by atoms with Crippen LogP contribution in [0.5, 0.6) is 0 Å². The van der Waals surface area contributed by atoms with Crippen molar-refractivity contribution < 1.29 is 14.4 Å². The predicted molar refractivity (Wildman–Crippen MR) is 70.0 cm³/mol. The number of carboxylic acids is 1. The van der Waals surface area contributed by atoms with Gasteiger partial charge in [0.15, 0.2) is 0 Å². The lowest BCUT2D eigenvalue weighted by Gasteiger charge is -2.16. The minimum Gasteiger partial charge on any atom is -0.476 e. The minimum absolute atomic E-state index is 0.0492. The molecule has 1 heterocycles. The first kappa shape index (κ1) is 11.8. The van der Waals surface area contributed by atoms with E-state index in [0.717, 1.165) is 18.4 Å². The van der Waals surface area contributed by atoms with Crippen molar-refractivity contribution in [3.63, 3.8) is 0 Å². The minimum atomic E-state index is -1.13. The normalized spacial score (nSPS) is 14.1. The van der Waals surface area contributed by atoms with Gasteiger partial charge in [0.1, 0.15) is 0 Å². The Kier molecular flexibility index (Phi) is 2.74. The Morgan fingerprint density at radius 1 is 1.26 bits per heavy atom. The van der Waals surface area contributed by atoms with Crippen LogP contribution in [0.3, 0.4) is 0 Å². The zero-order chi connectivity index (χ0) is 13.4. The third-order valence-corrected chi connectivity index (χ3v) is 3.56. The first-order chi connectivity index (χ1) is 9.16. The summed E-state index contributed by atoms with van der Waals surface area (Å²) in [6.45, 7) is 0. The predicted octanol–water partition coefficient (Wildman–Crippen LogP) is 2.50. The fourth-order valence-corrected chi connectivity index (χ4v) is 2.62. The number of nitrogens with two attached hydrogens (primary N) is 1. The van der Waals surface area contributed by atoms with Crippen LogP contribution in [-0.2, 0) is 12.8 Å². The Labute approximate surface area is 110 Å². The van der Waals surface area contributed by atoms with Crippen LogP contribution in [0.2, 0.25) is 0 Å². The van der Waals surface area contributed by atoms with Crippen molar-refractivity contribution in [3.8, 4) is 11.1 Å². The third kappa shape index (κ3) is 1.97. The number of nitrogen functional groups attached to an aromatic ring is 1. The number of rotatable bonds is 2. The molecule has 5 nitrogen and oxygen atoms in total. The van der Waals surface area contributed by atoms with Gasteiger partial charge in [-0.3, -0.25) is 0 Å². The van der Waals surface area contributed by atoms with E-state index in [0.29, 0.717) is 5.56 Å². The molecule has 0 radical (unpaired) electrons. The highest BCUT2D eigenvalue weighted by molar-refractivity contribution is 5.96. The van der Waals surface area contributed by atoms with Gasteiger partial charge in [-0.15, -0.1) is 0 Å². The molecule has 1 aromatic heterocycles. The molecule has 1 aliphatic rings. The highest BCUT2D eigenvalue weighted by atomic mass is 16.5. The van der Waals surface area contributed by atoms with Crippen molar-refractivity contribution in [1.82, 2.24) is 5.16 Å². The van der Waals surface area contributed by atoms with Crippen molar-refractivity contribution in [2.75, 3.05) is 5.73 Å². The molecule has 0 spiro atoms. The summed E-state index contributed by atoms with van der Waals surface area (Å²) in [4.78, 5) is 11.1. The lowest BCUT2D eigenvalue weighted by Crippen LogP contribution is -2.04. The van der Waals surface area contributed by atoms with Gasteiger partial charge in [0, 0.05) is 0 Å². The van der Waals surface area contributed by atoms with Gasteiger partial charge in [0.05, 0.1) is 5.56 Å². The van der Waals surface area contributed by atoms with Crippen molar-refractivity contribution >= 4 is 11.9 Å². The fraction of sp³-hybridized carbons (Fsp3) is 0.286. The average molecular weight is 258 g/mol. The summed E-state index contributed by atoms with van der Waals surface area (Å²) in [7, 11) is 0. The molecular formula is C14H14N2O3. The first-order valence-corrected chi connectivity index (χ1v) is 6.27. The molecule has 98 valence electrons. The molecule has 0 atom stereocenters. The number of aromatic nitrogens is 1. The molecule has 0 aliphatic heterocycles. The molecule has 1 aliphatic carbocycles. The molecule has 0 saturated heterocycles. The van der Waals surface area contributed by atoms with Crippen molar-refractivity contribution in [2.24, 2.45) is 0 Å². The molecule has 0 saturated carbocycles. The number of aryl methyl sites for hydroxylation is 2. The van der Waals surface area contributed by atoms with Gasteiger partial charge in [0.2, 0.25) is 11.6 Å². The standard InChI is InChI=1S/C14H14N2O3/c15-13-11(12(14(17)18)16-19-13)10-6-5-8-3-1-2-4-9(8)7-10/h5-7H,1-4,15H2,(H,17,18). The molecule has 3 N–H and O–H groups in total. The molecule has 0 bridgehead atoms. The quantitative estimate of drug-likeness (QED) is 0.863. The summed E-state index contributed by atoms with van der Waals surface area (Å²) < 4.78 is 4.80. The number of carbonyl (C=O) groups is 1. The summed E-state index contributed by atoms with van der Waals surface area (Å²) in [6.07, 6.45) is 4.49. The molecule has 19 heavy (non-hydrogen) atoms. The summed E-state index contributed by atoms with van der Waals surface area (Å²) in [5.74, 6) is -1.08. The Morgan fingerprint density at radius 2 is 2.00 bits per heavy atom. The van der Waals surface area contributed by atoms with Crippen LogP contribution in [0, 0.1) is 0 Å². The van der Waals surface area contributed by atoms with Crippen LogP contribution in [-0.4, -0.2) is 16.2 Å². The SMILES string of the molecule is Nc1onc(C(=O)O)c1-c1ccc2c(c1)CCCC2. The number of anilines is 1. The number of nitrogens with zero attached hydrogens (tertiary/aromatic N) is 1. The van der Waals surface area contributed by atoms with E-state index in [1.807, 2.05) is 18.2 Å². The highest BCUT2D eigenvalue weighted by Gasteiger charge is 2.22. The topological polar surface area (TPSA) is 89.4 Å². The Bertz CT molecular complexity index is 646. The van der Waals surface area contributed by atoms with E-state index in [1.165, 1.54) is 24.0 Å². The maximum absolute atomic E-state index is 11.1. The number of hydrogen-bond donors (Lipinski definition) is 2. The smallest absolute Gasteiger partial charge is 0.358 e. The zero-order valence-electron chi connectivity index (χ0n) is 10.3. The van der Waals surface area contributed by atoms with Gasteiger partial charge in [-0.1, -0.05) is 23.4 Å². The van der Waals surface area contributed by atoms with Gasteiger partial charge in [-0.2, -0.15) is 0 Å². The summed E-state index contributed by atoms with van der Waals surface area (Å²) in [6, 6.07) is 5.94. The van der Waals surface area contributed by atoms with Crippen molar-refractivity contribution in [2.45, 2.75) is 25.7 Å². The number of carboxylic acid groups (broad SMARTS) is 1. The van der Waals surface area contributed by atoms with Crippen LogP contribution in [0.1, 0.15) is 34.5 Å². The second-order valence-corrected chi connectivity index (χ2v) is 4.77. The van der Waals surface area contributed by atoms with Crippen LogP contribution in [0.15, 0.2) is 22.7 Å². The van der Waals surface area contributed by atoms with E-state index < -0.39 is 5.97 Å². The maximum Gasteiger partial charge on any atom is 0.358 e. The van der Waals surface area contributed by atoms with Gasteiger partial charge < -0.3 is 15.4 Å². The summed E-state index contributed by atoms with van der Waals surface area (Å²) in [5, 5.41) is 12.6. The van der Waals surface area contributed by atoms with Crippen molar-refractivity contribution in [1.29, 1.82) is 0 Å². The fourth-order valence-electron chi connectivity index (χ4n) is 2.62. The summed E-state index contributed by atoms with van der Waals surface area (Å²) in [5.41, 5.74) is 9.30. The second kappa shape index (κ2) is 4.42. The van der Waals surface area contributed by atoms with Crippen molar-refractivity contribution in [3.05, 3.63) is 35.0 Å². The molecular weight excluding hydrogens is 244 g/mol. The van der Waals surface area contributed by atoms with E-state index in [1.54, 1.807) is 0 Å². The highest BCUT2D eigenvalue weighted by Crippen LogP contribution is 2.33. The number of benzene rings is 1. The molecule has 2 aromatic rings. The van der Waals surface area contributed by atoms with Gasteiger partial charge >= 0.3 is 5.97 Å². The van der Waals surface area contributed by atoms with Gasteiger partial charge in [-0.25, -0.2) is 4.79 Å². The van der Waals surface area contributed by atoms with E-state index in [9.17, 15) is 4.79 Å². The molecule has 3 rings (SSSR count). The molecule has 5 heteroatoms. The first-order valence-electron chi connectivity index (χ1n) is 6.27. The maximum atomic E-state index is 11.1. The van der Waals surface area contributed by atoms with E-state index in [2.05, 4.69) is 5.16 Å². The van der Waals surface area contributed by atoms with Crippen LogP contribution >= 0.6 is 0 Å².